The maximum atomic E-state index is 12.4. The van der Waals surface area contributed by atoms with Crippen LogP contribution in [0.2, 0.25) is 0 Å². The summed E-state index contributed by atoms with van der Waals surface area (Å²) in [6.07, 6.45) is 3.33. The van der Waals surface area contributed by atoms with Crippen LogP contribution in [-0.2, 0) is 13.1 Å². The van der Waals surface area contributed by atoms with Gasteiger partial charge in [-0.15, -0.1) is 0 Å². The quantitative estimate of drug-likeness (QED) is 0.748. The highest BCUT2D eigenvalue weighted by molar-refractivity contribution is 5.79. The Morgan fingerprint density at radius 2 is 1.88 bits per heavy atom. The number of fused-ring (bicyclic) bond motifs is 1. The Bertz CT molecular complexity index is 925. The van der Waals surface area contributed by atoms with E-state index < -0.39 is 0 Å². The zero-order valence-electron chi connectivity index (χ0n) is 15.1. The molecule has 7 heteroatoms. The summed E-state index contributed by atoms with van der Waals surface area (Å²) in [6, 6.07) is 7.73. The molecule has 1 N–H and O–H groups in total. The molecule has 0 radical (unpaired) electrons. The molecule has 136 valence electrons. The molecular weight excluding hydrogens is 328 g/mol. The fourth-order valence-electron chi connectivity index (χ4n) is 3.51. The van der Waals surface area contributed by atoms with Crippen molar-refractivity contribution in [3.63, 3.8) is 0 Å². The average Bonchev–Trinajstić information content (AvgIpc) is 3.15. The lowest BCUT2D eigenvalue weighted by atomic mass is 10.1. The Hall–Kier alpha value is -2.51. The van der Waals surface area contributed by atoms with Gasteiger partial charge in [-0.3, -0.25) is 19.3 Å². The van der Waals surface area contributed by atoms with Crippen molar-refractivity contribution in [2.45, 2.75) is 20.0 Å². The van der Waals surface area contributed by atoms with Crippen LogP contribution in [-0.4, -0.2) is 62.3 Å². The summed E-state index contributed by atoms with van der Waals surface area (Å²) >= 11 is 0. The third-order valence-corrected chi connectivity index (χ3v) is 5.01. The van der Waals surface area contributed by atoms with Crippen LogP contribution in [0.4, 0.5) is 0 Å². The van der Waals surface area contributed by atoms with Crippen molar-refractivity contribution < 1.29 is 0 Å². The number of H-pyrrole nitrogens is 1. The first-order valence-electron chi connectivity index (χ1n) is 9.07. The number of rotatable bonds is 5. The summed E-state index contributed by atoms with van der Waals surface area (Å²) in [4.78, 5) is 24.6. The monoisotopic (exact) mass is 352 g/mol. The molecule has 2 aromatic heterocycles. The van der Waals surface area contributed by atoms with Gasteiger partial charge in [0.25, 0.3) is 0 Å². The lowest BCUT2D eigenvalue weighted by molar-refractivity contribution is 0.122. The number of nitrogens with zero attached hydrogens (tertiary/aromatic N) is 5. The SMILES string of the molecule is Cc1ccc2[nH]c(CN3CCN(CCn4cncn4)CC3)cc(=O)c2c1. The molecule has 1 saturated heterocycles. The summed E-state index contributed by atoms with van der Waals surface area (Å²) in [6.45, 7) is 8.74. The van der Waals surface area contributed by atoms with Crippen molar-refractivity contribution in [3.05, 3.63) is 58.4 Å². The van der Waals surface area contributed by atoms with Crippen LogP contribution in [0.25, 0.3) is 10.9 Å². The van der Waals surface area contributed by atoms with Crippen LogP contribution in [0, 0.1) is 6.92 Å². The second-order valence-electron chi connectivity index (χ2n) is 6.98. The summed E-state index contributed by atoms with van der Waals surface area (Å²) in [7, 11) is 0. The van der Waals surface area contributed by atoms with Crippen LogP contribution in [0.5, 0.6) is 0 Å². The Labute approximate surface area is 152 Å². The smallest absolute Gasteiger partial charge is 0.189 e. The van der Waals surface area contributed by atoms with Crippen molar-refractivity contribution in [3.8, 4) is 0 Å². The van der Waals surface area contributed by atoms with E-state index in [2.05, 4.69) is 24.9 Å². The molecule has 3 aromatic rings. The first kappa shape index (κ1) is 16.9. The van der Waals surface area contributed by atoms with Crippen LogP contribution in [0.15, 0.2) is 41.7 Å². The molecule has 1 aromatic carbocycles. The van der Waals surface area contributed by atoms with Gasteiger partial charge < -0.3 is 4.98 Å². The molecule has 0 saturated carbocycles. The van der Waals surface area contributed by atoms with Gasteiger partial charge in [0, 0.05) is 61.9 Å². The molecule has 7 nitrogen and oxygen atoms in total. The highest BCUT2D eigenvalue weighted by Crippen LogP contribution is 2.12. The van der Waals surface area contributed by atoms with E-state index in [9.17, 15) is 4.79 Å². The molecule has 0 spiro atoms. The van der Waals surface area contributed by atoms with Crippen molar-refractivity contribution >= 4 is 10.9 Å². The Morgan fingerprint density at radius 3 is 2.65 bits per heavy atom. The molecule has 0 aliphatic carbocycles. The number of pyridine rings is 1. The normalized spacial score (nSPS) is 16.3. The molecule has 0 unspecified atom stereocenters. The van der Waals surface area contributed by atoms with Crippen molar-refractivity contribution in [1.29, 1.82) is 0 Å². The van der Waals surface area contributed by atoms with Crippen LogP contribution in [0.3, 0.4) is 0 Å². The third-order valence-electron chi connectivity index (χ3n) is 5.01. The Balaban J connectivity index is 1.35. The topological polar surface area (TPSA) is 70.1 Å². The zero-order chi connectivity index (χ0) is 17.9. The maximum absolute atomic E-state index is 12.4. The standard InChI is InChI=1S/C19H24N6O/c1-15-2-3-18-17(10-15)19(26)11-16(22-18)12-24-6-4-23(5-7-24)8-9-25-14-20-13-21-25/h2-3,10-11,13-14H,4-9,12H2,1H3,(H,22,26). The largest absolute Gasteiger partial charge is 0.357 e. The fraction of sp³-hybridized carbons (Fsp3) is 0.421. The first-order valence-corrected chi connectivity index (χ1v) is 9.07. The van der Waals surface area contributed by atoms with Crippen LogP contribution in [0.1, 0.15) is 11.3 Å². The number of hydrogen-bond donors (Lipinski definition) is 1. The molecule has 0 amide bonds. The molecule has 1 fully saturated rings. The predicted octanol–water partition coefficient (Wildman–Crippen LogP) is 1.25. The van der Waals surface area contributed by atoms with E-state index in [4.69, 9.17) is 0 Å². The number of hydrogen-bond acceptors (Lipinski definition) is 5. The number of benzene rings is 1. The minimum Gasteiger partial charge on any atom is -0.357 e. The van der Waals surface area contributed by atoms with Crippen molar-refractivity contribution in [2.75, 3.05) is 32.7 Å². The second kappa shape index (κ2) is 7.39. The molecule has 3 heterocycles. The van der Waals surface area contributed by atoms with Gasteiger partial charge in [-0.2, -0.15) is 5.10 Å². The van der Waals surface area contributed by atoms with Gasteiger partial charge in [-0.1, -0.05) is 11.6 Å². The zero-order valence-corrected chi connectivity index (χ0v) is 15.1. The van der Waals surface area contributed by atoms with Gasteiger partial charge >= 0.3 is 0 Å². The minimum absolute atomic E-state index is 0.101. The average molecular weight is 352 g/mol. The van der Waals surface area contributed by atoms with Gasteiger partial charge in [0.2, 0.25) is 0 Å². The van der Waals surface area contributed by atoms with Gasteiger partial charge in [0.15, 0.2) is 5.43 Å². The minimum atomic E-state index is 0.101. The molecule has 26 heavy (non-hydrogen) atoms. The molecule has 0 bridgehead atoms. The molecule has 0 atom stereocenters. The Morgan fingerprint density at radius 1 is 1.08 bits per heavy atom. The van der Waals surface area contributed by atoms with Gasteiger partial charge in [-0.25, -0.2) is 4.98 Å². The maximum Gasteiger partial charge on any atom is 0.189 e. The summed E-state index contributed by atoms with van der Waals surface area (Å²) in [5.74, 6) is 0. The first-order chi connectivity index (χ1) is 12.7. The van der Waals surface area contributed by atoms with Crippen molar-refractivity contribution in [2.24, 2.45) is 0 Å². The van der Waals surface area contributed by atoms with E-state index in [0.717, 1.165) is 68.0 Å². The van der Waals surface area contributed by atoms with E-state index in [1.165, 1.54) is 0 Å². The summed E-state index contributed by atoms with van der Waals surface area (Å²) in [5, 5.41) is 4.91. The van der Waals surface area contributed by atoms with E-state index in [0.29, 0.717) is 0 Å². The second-order valence-corrected chi connectivity index (χ2v) is 6.98. The molecular formula is C19H24N6O. The van der Waals surface area contributed by atoms with E-state index >= 15 is 0 Å². The van der Waals surface area contributed by atoms with E-state index in [-0.39, 0.29) is 5.43 Å². The van der Waals surface area contributed by atoms with Crippen LogP contribution < -0.4 is 5.43 Å². The fourth-order valence-corrected chi connectivity index (χ4v) is 3.51. The van der Waals surface area contributed by atoms with Crippen LogP contribution >= 0.6 is 0 Å². The number of aromatic amines is 1. The third kappa shape index (κ3) is 3.84. The summed E-state index contributed by atoms with van der Waals surface area (Å²) < 4.78 is 1.87. The number of piperazine rings is 1. The van der Waals surface area contributed by atoms with Gasteiger partial charge in [0.1, 0.15) is 12.7 Å². The van der Waals surface area contributed by atoms with E-state index in [1.807, 2.05) is 29.8 Å². The number of aromatic nitrogens is 4. The van der Waals surface area contributed by atoms with E-state index in [1.54, 1.807) is 18.7 Å². The highest BCUT2D eigenvalue weighted by atomic mass is 16.1. The highest BCUT2D eigenvalue weighted by Gasteiger charge is 2.17. The number of aryl methyl sites for hydroxylation is 1. The molecule has 4 rings (SSSR count). The lowest BCUT2D eigenvalue weighted by Crippen LogP contribution is -2.46. The predicted molar refractivity (Wildman–Crippen MR) is 101 cm³/mol. The molecule has 1 aliphatic heterocycles. The van der Waals surface area contributed by atoms with Crippen molar-refractivity contribution in [1.82, 2.24) is 29.5 Å². The summed E-state index contributed by atoms with van der Waals surface area (Å²) in [5.41, 5.74) is 3.12. The molecule has 1 aliphatic rings. The number of nitrogens with one attached hydrogen (secondary N) is 1. The lowest BCUT2D eigenvalue weighted by Gasteiger charge is -2.34. The Kier molecular flexibility index (Phi) is 4.81. The van der Waals surface area contributed by atoms with Gasteiger partial charge in [-0.05, 0) is 19.1 Å². The van der Waals surface area contributed by atoms with Gasteiger partial charge in [0.05, 0.1) is 6.54 Å².